The third-order valence-corrected chi connectivity index (χ3v) is 3.87. The predicted octanol–water partition coefficient (Wildman–Crippen LogP) is 3.36. The van der Waals surface area contributed by atoms with E-state index in [9.17, 15) is 4.79 Å². The number of nitrogens with one attached hydrogen (secondary N) is 2. The minimum absolute atomic E-state index is 0.319. The van der Waals surface area contributed by atoms with E-state index in [1.54, 1.807) is 24.3 Å². The Hall–Kier alpha value is -1.85. The molecule has 1 heterocycles. The molecule has 0 aliphatic heterocycles. The van der Waals surface area contributed by atoms with E-state index < -0.39 is 0 Å². The zero-order valence-electron chi connectivity index (χ0n) is 10.9. The quantitative estimate of drug-likeness (QED) is 0.669. The standard InChI is InChI=1S/C14H12Cl2N4O/c15-10-2-1-3-11(16)9(10)7-17-20-14(21)13-6-12(18-19-13)8-4-5-8/h1-3,6-8H,4-5H2,(H,18,19)(H,20,21). The fourth-order valence-electron chi connectivity index (χ4n) is 1.90. The molecule has 108 valence electrons. The lowest BCUT2D eigenvalue weighted by molar-refractivity contribution is 0.0950. The van der Waals surface area contributed by atoms with Crippen molar-refractivity contribution in [1.29, 1.82) is 0 Å². The van der Waals surface area contributed by atoms with Crippen molar-refractivity contribution in [2.75, 3.05) is 0 Å². The number of hydrazone groups is 1. The second-order valence-corrected chi connectivity index (χ2v) is 5.63. The van der Waals surface area contributed by atoms with Crippen LogP contribution >= 0.6 is 23.2 Å². The first-order valence-corrected chi connectivity index (χ1v) is 7.23. The Balaban J connectivity index is 1.66. The average molecular weight is 323 g/mol. The number of H-pyrrole nitrogens is 1. The largest absolute Gasteiger partial charge is 0.291 e. The molecule has 1 aromatic heterocycles. The van der Waals surface area contributed by atoms with E-state index in [1.807, 2.05) is 0 Å². The highest BCUT2D eigenvalue weighted by Crippen LogP contribution is 2.38. The zero-order valence-corrected chi connectivity index (χ0v) is 12.4. The molecule has 0 radical (unpaired) electrons. The summed E-state index contributed by atoms with van der Waals surface area (Å²) in [5.41, 5.74) is 4.28. The fourth-order valence-corrected chi connectivity index (χ4v) is 2.40. The maximum Gasteiger partial charge on any atom is 0.291 e. The van der Waals surface area contributed by atoms with Crippen LogP contribution in [-0.2, 0) is 0 Å². The van der Waals surface area contributed by atoms with Gasteiger partial charge in [0.05, 0.1) is 16.3 Å². The first-order valence-electron chi connectivity index (χ1n) is 6.48. The van der Waals surface area contributed by atoms with E-state index in [2.05, 4.69) is 20.7 Å². The topological polar surface area (TPSA) is 70.1 Å². The Kier molecular flexibility index (Phi) is 3.94. The van der Waals surface area contributed by atoms with Gasteiger partial charge in [0.1, 0.15) is 0 Å². The van der Waals surface area contributed by atoms with Crippen molar-refractivity contribution in [1.82, 2.24) is 15.6 Å². The van der Waals surface area contributed by atoms with Crippen LogP contribution in [0, 0.1) is 0 Å². The number of aromatic nitrogens is 2. The molecule has 0 atom stereocenters. The smallest absolute Gasteiger partial charge is 0.281 e. The van der Waals surface area contributed by atoms with E-state index in [4.69, 9.17) is 23.2 Å². The Morgan fingerprint density at radius 1 is 1.38 bits per heavy atom. The molecule has 2 N–H and O–H groups in total. The lowest BCUT2D eigenvalue weighted by Gasteiger charge is -2.00. The van der Waals surface area contributed by atoms with Crippen LogP contribution in [0.4, 0.5) is 0 Å². The summed E-state index contributed by atoms with van der Waals surface area (Å²) in [4.78, 5) is 11.9. The molecule has 5 nitrogen and oxygen atoms in total. The highest BCUT2D eigenvalue weighted by atomic mass is 35.5. The minimum Gasteiger partial charge on any atom is -0.281 e. The third-order valence-electron chi connectivity index (χ3n) is 3.21. The molecule has 0 bridgehead atoms. The van der Waals surface area contributed by atoms with Crippen LogP contribution in [0.1, 0.15) is 40.5 Å². The maximum atomic E-state index is 11.9. The SMILES string of the molecule is O=C(NN=Cc1c(Cl)cccc1Cl)c1cc(C2CC2)[nH]n1. The maximum absolute atomic E-state index is 11.9. The van der Waals surface area contributed by atoms with Gasteiger partial charge in [-0.05, 0) is 31.0 Å². The molecule has 1 aliphatic rings. The van der Waals surface area contributed by atoms with Gasteiger partial charge in [-0.25, -0.2) is 5.43 Å². The number of benzene rings is 1. The fraction of sp³-hybridized carbons (Fsp3) is 0.214. The van der Waals surface area contributed by atoms with Crippen LogP contribution in [0.5, 0.6) is 0 Å². The van der Waals surface area contributed by atoms with E-state index >= 15 is 0 Å². The molecular formula is C14H12Cl2N4O. The van der Waals surface area contributed by atoms with Crippen molar-refractivity contribution >= 4 is 35.3 Å². The molecule has 0 spiro atoms. The number of hydrogen-bond acceptors (Lipinski definition) is 3. The van der Waals surface area contributed by atoms with Crippen molar-refractivity contribution in [2.24, 2.45) is 5.10 Å². The Bertz CT molecular complexity index is 686. The molecule has 1 fully saturated rings. The molecule has 3 rings (SSSR count). The highest BCUT2D eigenvalue weighted by Gasteiger charge is 2.26. The van der Waals surface area contributed by atoms with E-state index in [0.717, 1.165) is 18.5 Å². The van der Waals surface area contributed by atoms with Crippen molar-refractivity contribution in [2.45, 2.75) is 18.8 Å². The first kappa shape index (κ1) is 14.1. The van der Waals surface area contributed by atoms with Gasteiger partial charge in [0, 0.05) is 17.2 Å². The molecule has 1 amide bonds. The highest BCUT2D eigenvalue weighted by molar-refractivity contribution is 6.38. The van der Waals surface area contributed by atoms with E-state index in [-0.39, 0.29) is 5.91 Å². The Morgan fingerprint density at radius 3 is 2.76 bits per heavy atom. The van der Waals surface area contributed by atoms with Gasteiger partial charge in [0.25, 0.3) is 5.91 Å². The van der Waals surface area contributed by atoms with Gasteiger partial charge in [0.2, 0.25) is 0 Å². The number of carbonyl (C=O) groups excluding carboxylic acids is 1. The number of halogens is 2. The first-order chi connectivity index (χ1) is 10.1. The second kappa shape index (κ2) is 5.87. The molecule has 0 saturated heterocycles. The Labute approximate surface area is 131 Å². The van der Waals surface area contributed by atoms with Crippen LogP contribution in [0.3, 0.4) is 0 Å². The summed E-state index contributed by atoms with van der Waals surface area (Å²) in [6, 6.07) is 6.90. The summed E-state index contributed by atoms with van der Waals surface area (Å²) in [7, 11) is 0. The van der Waals surface area contributed by atoms with Gasteiger partial charge < -0.3 is 0 Å². The summed E-state index contributed by atoms with van der Waals surface area (Å²) in [6.07, 6.45) is 3.70. The molecule has 7 heteroatoms. The van der Waals surface area contributed by atoms with Crippen LogP contribution in [0.15, 0.2) is 29.4 Å². The summed E-state index contributed by atoms with van der Waals surface area (Å²) in [5.74, 6) is 0.141. The normalized spacial score (nSPS) is 14.6. The molecule has 2 aromatic rings. The Morgan fingerprint density at radius 2 is 2.10 bits per heavy atom. The van der Waals surface area contributed by atoms with Gasteiger partial charge in [-0.1, -0.05) is 29.3 Å². The third kappa shape index (κ3) is 3.25. The summed E-state index contributed by atoms with van der Waals surface area (Å²) >= 11 is 12.0. The number of amides is 1. The van der Waals surface area contributed by atoms with Crippen LogP contribution in [0.2, 0.25) is 10.0 Å². The van der Waals surface area contributed by atoms with Crippen molar-refractivity contribution in [3.63, 3.8) is 0 Å². The van der Waals surface area contributed by atoms with Crippen molar-refractivity contribution in [3.8, 4) is 0 Å². The zero-order chi connectivity index (χ0) is 14.8. The van der Waals surface area contributed by atoms with Crippen LogP contribution in [0.25, 0.3) is 0 Å². The minimum atomic E-state index is -0.377. The lowest BCUT2D eigenvalue weighted by atomic mass is 10.2. The molecular weight excluding hydrogens is 311 g/mol. The lowest BCUT2D eigenvalue weighted by Crippen LogP contribution is -2.18. The van der Waals surface area contributed by atoms with Crippen molar-refractivity contribution in [3.05, 3.63) is 51.3 Å². The summed E-state index contributed by atoms with van der Waals surface area (Å²) < 4.78 is 0. The number of nitrogens with zero attached hydrogens (tertiary/aromatic N) is 2. The van der Waals surface area contributed by atoms with Gasteiger partial charge in [-0.2, -0.15) is 10.2 Å². The number of carbonyl (C=O) groups is 1. The predicted molar refractivity (Wildman–Crippen MR) is 82.1 cm³/mol. The monoisotopic (exact) mass is 322 g/mol. The molecule has 0 unspecified atom stereocenters. The number of rotatable bonds is 4. The summed E-state index contributed by atoms with van der Waals surface area (Å²) in [5, 5.41) is 11.6. The average Bonchev–Trinajstić information content (AvgIpc) is 3.19. The molecule has 1 aliphatic carbocycles. The molecule has 1 saturated carbocycles. The van der Waals surface area contributed by atoms with E-state index in [1.165, 1.54) is 6.21 Å². The van der Waals surface area contributed by atoms with Crippen LogP contribution < -0.4 is 5.43 Å². The number of hydrogen-bond donors (Lipinski definition) is 2. The van der Waals surface area contributed by atoms with Gasteiger partial charge >= 0.3 is 0 Å². The van der Waals surface area contributed by atoms with Crippen molar-refractivity contribution < 1.29 is 4.79 Å². The van der Waals surface area contributed by atoms with Gasteiger partial charge in [-0.3, -0.25) is 9.89 Å². The summed E-state index contributed by atoms with van der Waals surface area (Å²) in [6.45, 7) is 0. The van der Waals surface area contributed by atoms with Crippen LogP contribution in [-0.4, -0.2) is 22.3 Å². The van der Waals surface area contributed by atoms with E-state index in [0.29, 0.717) is 27.2 Å². The van der Waals surface area contributed by atoms with Gasteiger partial charge in [-0.15, -0.1) is 0 Å². The van der Waals surface area contributed by atoms with Gasteiger partial charge in [0.15, 0.2) is 5.69 Å². The molecule has 1 aromatic carbocycles. The molecule has 21 heavy (non-hydrogen) atoms. The number of aromatic amines is 1. The second-order valence-electron chi connectivity index (χ2n) is 4.82.